The van der Waals surface area contributed by atoms with Crippen molar-refractivity contribution in [3.05, 3.63) is 46.5 Å². The Labute approximate surface area is 158 Å². The SMILES string of the molecule is Cc1ccc(C(C)C)cc1OCC(=O)Nc1cc2c(cc1Cl)OCCO2. The Morgan fingerprint density at radius 3 is 2.58 bits per heavy atom. The summed E-state index contributed by atoms with van der Waals surface area (Å²) < 4.78 is 16.7. The van der Waals surface area contributed by atoms with E-state index in [1.54, 1.807) is 12.1 Å². The molecule has 1 amide bonds. The van der Waals surface area contributed by atoms with Crippen molar-refractivity contribution < 1.29 is 19.0 Å². The van der Waals surface area contributed by atoms with Crippen LogP contribution >= 0.6 is 11.6 Å². The van der Waals surface area contributed by atoms with Crippen LogP contribution < -0.4 is 19.5 Å². The van der Waals surface area contributed by atoms with E-state index < -0.39 is 0 Å². The van der Waals surface area contributed by atoms with Crippen molar-refractivity contribution in [1.82, 2.24) is 0 Å². The maximum Gasteiger partial charge on any atom is 0.262 e. The number of rotatable bonds is 5. The van der Waals surface area contributed by atoms with Gasteiger partial charge in [-0.2, -0.15) is 0 Å². The van der Waals surface area contributed by atoms with Gasteiger partial charge in [-0.25, -0.2) is 0 Å². The van der Waals surface area contributed by atoms with Crippen LogP contribution in [0.25, 0.3) is 0 Å². The molecular weight excluding hydrogens is 354 g/mol. The van der Waals surface area contributed by atoms with Crippen molar-refractivity contribution in [2.45, 2.75) is 26.7 Å². The number of halogens is 1. The fourth-order valence-corrected chi connectivity index (χ4v) is 2.82. The van der Waals surface area contributed by atoms with Gasteiger partial charge in [-0.3, -0.25) is 4.79 Å². The summed E-state index contributed by atoms with van der Waals surface area (Å²) in [6.45, 7) is 7.03. The zero-order valence-electron chi connectivity index (χ0n) is 15.1. The number of amides is 1. The second-order valence-corrected chi connectivity index (χ2v) is 6.90. The Balaban J connectivity index is 1.66. The van der Waals surface area contributed by atoms with Crippen molar-refractivity contribution in [3.63, 3.8) is 0 Å². The molecule has 0 radical (unpaired) electrons. The number of anilines is 1. The van der Waals surface area contributed by atoms with E-state index in [9.17, 15) is 4.79 Å². The lowest BCUT2D eigenvalue weighted by Gasteiger charge is -2.20. The van der Waals surface area contributed by atoms with Gasteiger partial charge in [0.25, 0.3) is 5.91 Å². The predicted molar refractivity (Wildman–Crippen MR) is 102 cm³/mol. The van der Waals surface area contributed by atoms with Gasteiger partial charge in [0.15, 0.2) is 18.1 Å². The van der Waals surface area contributed by atoms with E-state index in [1.807, 2.05) is 19.1 Å². The molecule has 6 heteroatoms. The predicted octanol–water partition coefficient (Wildman–Crippen LogP) is 4.56. The van der Waals surface area contributed by atoms with E-state index in [-0.39, 0.29) is 12.5 Å². The van der Waals surface area contributed by atoms with Gasteiger partial charge < -0.3 is 19.5 Å². The summed E-state index contributed by atoms with van der Waals surface area (Å²) in [5.41, 5.74) is 2.62. The van der Waals surface area contributed by atoms with Crippen molar-refractivity contribution in [1.29, 1.82) is 0 Å². The number of benzene rings is 2. The molecule has 2 aromatic rings. The summed E-state index contributed by atoms with van der Waals surface area (Å²) in [7, 11) is 0. The molecule has 1 aliphatic heterocycles. The molecule has 26 heavy (non-hydrogen) atoms. The smallest absolute Gasteiger partial charge is 0.262 e. The van der Waals surface area contributed by atoms with Gasteiger partial charge in [-0.1, -0.05) is 37.6 Å². The van der Waals surface area contributed by atoms with Gasteiger partial charge in [0.05, 0.1) is 10.7 Å². The van der Waals surface area contributed by atoms with E-state index in [0.29, 0.717) is 47.1 Å². The summed E-state index contributed by atoms with van der Waals surface area (Å²) in [6.07, 6.45) is 0. The van der Waals surface area contributed by atoms with Crippen LogP contribution in [0.3, 0.4) is 0 Å². The summed E-state index contributed by atoms with van der Waals surface area (Å²) >= 11 is 6.21. The first-order valence-corrected chi connectivity index (χ1v) is 8.94. The minimum Gasteiger partial charge on any atom is -0.486 e. The molecule has 1 aliphatic rings. The van der Waals surface area contributed by atoms with Crippen LogP contribution in [0.15, 0.2) is 30.3 Å². The molecule has 1 N–H and O–H groups in total. The van der Waals surface area contributed by atoms with E-state index in [0.717, 1.165) is 5.56 Å². The monoisotopic (exact) mass is 375 g/mol. The number of hydrogen-bond acceptors (Lipinski definition) is 4. The van der Waals surface area contributed by atoms with Crippen molar-refractivity contribution >= 4 is 23.2 Å². The number of ether oxygens (including phenoxy) is 3. The van der Waals surface area contributed by atoms with Crippen molar-refractivity contribution in [2.75, 3.05) is 25.1 Å². The van der Waals surface area contributed by atoms with Crippen LogP contribution in [0.2, 0.25) is 5.02 Å². The Morgan fingerprint density at radius 2 is 1.88 bits per heavy atom. The third kappa shape index (κ3) is 4.22. The van der Waals surface area contributed by atoms with E-state index >= 15 is 0 Å². The Hall–Kier alpha value is -2.40. The lowest BCUT2D eigenvalue weighted by atomic mass is 10.0. The molecule has 2 aromatic carbocycles. The van der Waals surface area contributed by atoms with Crippen LogP contribution in [-0.4, -0.2) is 25.7 Å². The van der Waals surface area contributed by atoms with E-state index in [4.69, 9.17) is 25.8 Å². The van der Waals surface area contributed by atoms with E-state index in [2.05, 4.69) is 25.2 Å². The summed E-state index contributed by atoms with van der Waals surface area (Å²) in [5, 5.41) is 3.15. The zero-order chi connectivity index (χ0) is 18.7. The van der Waals surface area contributed by atoms with Crippen LogP contribution in [0.5, 0.6) is 17.2 Å². The number of hydrogen-bond donors (Lipinski definition) is 1. The maximum absolute atomic E-state index is 12.3. The summed E-state index contributed by atoms with van der Waals surface area (Å²) in [5.74, 6) is 1.95. The molecule has 1 heterocycles. The van der Waals surface area contributed by atoms with Crippen molar-refractivity contribution in [2.24, 2.45) is 0 Å². The first-order valence-electron chi connectivity index (χ1n) is 8.56. The highest BCUT2D eigenvalue weighted by atomic mass is 35.5. The van der Waals surface area contributed by atoms with Gasteiger partial charge in [-0.05, 0) is 30.0 Å². The molecule has 0 aliphatic carbocycles. The molecule has 0 saturated heterocycles. The standard InChI is InChI=1S/C20H22ClNO4/c1-12(2)14-5-4-13(3)17(8-14)26-11-20(23)22-16-10-19-18(9-15(16)21)24-6-7-25-19/h4-5,8-10,12H,6-7,11H2,1-3H3,(H,22,23). The number of fused-ring (bicyclic) bond motifs is 1. The molecule has 0 spiro atoms. The van der Waals surface area contributed by atoms with Crippen molar-refractivity contribution in [3.8, 4) is 17.2 Å². The third-order valence-electron chi connectivity index (χ3n) is 4.14. The van der Waals surface area contributed by atoms with Gasteiger partial charge >= 0.3 is 0 Å². The molecule has 0 atom stereocenters. The van der Waals surface area contributed by atoms with Gasteiger partial charge in [0.1, 0.15) is 19.0 Å². The first-order chi connectivity index (χ1) is 12.4. The highest BCUT2D eigenvalue weighted by molar-refractivity contribution is 6.34. The quantitative estimate of drug-likeness (QED) is 0.832. The van der Waals surface area contributed by atoms with Gasteiger partial charge in [0, 0.05) is 12.1 Å². The zero-order valence-corrected chi connectivity index (χ0v) is 15.9. The number of aryl methyl sites for hydroxylation is 1. The Bertz CT molecular complexity index is 820. The highest BCUT2D eigenvalue weighted by Crippen LogP contribution is 2.38. The average molecular weight is 376 g/mol. The highest BCUT2D eigenvalue weighted by Gasteiger charge is 2.17. The summed E-state index contributed by atoms with van der Waals surface area (Å²) in [4.78, 5) is 12.3. The minimum atomic E-state index is -0.294. The number of carbonyl (C=O) groups excluding carboxylic acids is 1. The first kappa shape index (κ1) is 18.4. The van der Waals surface area contributed by atoms with Crippen LogP contribution in [-0.2, 0) is 4.79 Å². The fourth-order valence-electron chi connectivity index (χ4n) is 2.62. The largest absolute Gasteiger partial charge is 0.486 e. The molecule has 0 unspecified atom stereocenters. The van der Waals surface area contributed by atoms with E-state index in [1.165, 1.54) is 5.56 Å². The fraction of sp³-hybridized carbons (Fsp3) is 0.350. The van der Waals surface area contributed by atoms with Crippen LogP contribution in [0.4, 0.5) is 5.69 Å². The Kier molecular flexibility index (Phi) is 5.57. The Morgan fingerprint density at radius 1 is 1.19 bits per heavy atom. The second-order valence-electron chi connectivity index (χ2n) is 6.49. The normalized spacial score (nSPS) is 12.8. The number of nitrogens with one attached hydrogen (secondary N) is 1. The molecule has 138 valence electrons. The molecule has 0 fully saturated rings. The van der Waals surface area contributed by atoms with Crippen LogP contribution in [0, 0.1) is 6.92 Å². The topological polar surface area (TPSA) is 56.8 Å². The van der Waals surface area contributed by atoms with Crippen LogP contribution in [0.1, 0.15) is 30.9 Å². The summed E-state index contributed by atoms with van der Waals surface area (Å²) in [6, 6.07) is 9.36. The lowest BCUT2D eigenvalue weighted by Crippen LogP contribution is -2.21. The molecule has 5 nitrogen and oxygen atoms in total. The average Bonchev–Trinajstić information content (AvgIpc) is 2.61. The minimum absolute atomic E-state index is 0.104. The molecule has 0 aromatic heterocycles. The second kappa shape index (κ2) is 7.87. The third-order valence-corrected chi connectivity index (χ3v) is 4.46. The lowest BCUT2D eigenvalue weighted by molar-refractivity contribution is -0.118. The van der Waals surface area contributed by atoms with Gasteiger partial charge in [0.2, 0.25) is 0 Å². The molecule has 0 saturated carbocycles. The molecular formula is C20H22ClNO4. The molecule has 3 rings (SSSR count). The number of carbonyl (C=O) groups is 1. The molecule has 0 bridgehead atoms. The van der Waals surface area contributed by atoms with Gasteiger partial charge in [-0.15, -0.1) is 0 Å². The maximum atomic E-state index is 12.3.